The van der Waals surface area contributed by atoms with Gasteiger partial charge in [-0.25, -0.2) is 0 Å². The van der Waals surface area contributed by atoms with Gasteiger partial charge in [-0.2, -0.15) is 0 Å². The van der Waals surface area contributed by atoms with E-state index in [0.717, 1.165) is 19.3 Å². The van der Waals surface area contributed by atoms with Gasteiger partial charge in [0.25, 0.3) is 0 Å². The Morgan fingerprint density at radius 3 is 2.19 bits per heavy atom. The molecular weight excluding hydrogens is 400 g/mol. The van der Waals surface area contributed by atoms with Crippen LogP contribution in [-0.2, 0) is 4.79 Å². The molecule has 4 nitrogen and oxygen atoms in total. The first kappa shape index (κ1) is 24.7. The van der Waals surface area contributed by atoms with Gasteiger partial charge in [0.05, 0.1) is 18.3 Å². The fourth-order valence-electron chi connectivity index (χ4n) is 9.25. The van der Waals surface area contributed by atoms with E-state index in [4.69, 9.17) is 0 Å². The van der Waals surface area contributed by atoms with Crippen molar-refractivity contribution in [1.29, 1.82) is 0 Å². The molecule has 4 rings (SSSR count). The molecule has 0 saturated heterocycles. The highest BCUT2D eigenvalue weighted by atomic mass is 16.3. The quantitative estimate of drug-likeness (QED) is 0.563. The molecule has 4 heteroatoms. The van der Waals surface area contributed by atoms with Crippen LogP contribution >= 0.6 is 0 Å². The van der Waals surface area contributed by atoms with Crippen molar-refractivity contribution in [3.8, 4) is 0 Å². The van der Waals surface area contributed by atoms with Crippen LogP contribution in [0.4, 0.5) is 0 Å². The normalized spacial score (nSPS) is 47.9. The molecule has 0 aliphatic heterocycles. The van der Waals surface area contributed by atoms with Crippen molar-refractivity contribution < 1.29 is 20.1 Å². The highest BCUT2D eigenvalue weighted by Crippen LogP contribution is 2.68. The van der Waals surface area contributed by atoms with Crippen molar-refractivity contribution in [2.75, 3.05) is 0 Å². The molecule has 32 heavy (non-hydrogen) atoms. The Labute approximate surface area is 195 Å². The van der Waals surface area contributed by atoms with Crippen molar-refractivity contribution in [1.82, 2.24) is 0 Å². The number of aliphatic hydroxyl groups is 3. The van der Waals surface area contributed by atoms with Crippen LogP contribution in [0.2, 0.25) is 0 Å². The third-order valence-electron chi connectivity index (χ3n) is 11.7. The van der Waals surface area contributed by atoms with Crippen molar-refractivity contribution in [2.24, 2.45) is 58.2 Å². The first-order valence-corrected chi connectivity index (χ1v) is 13.5. The highest BCUT2D eigenvalue weighted by molar-refractivity contribution is 5.79. The van der Waals surface area contributed by atoms with E-state index in [9.17, 15) is 20.1 Å². The number of hydrogen-bond acceptors (Lipinski definition) is 4. The predicted octanol–water partition coefficient (Wildman–Crippen LogP) is 4.84. The van der Waals surface area contributed by atoms with Gasteiger partial charge in [0.2, 0.25) is 0 Å². The van der Waals surface area contributed by atoms with E-state index < -0.39 is 12.2 Å². The minimum Gasteiger partial charge on any atom is -0.393 e. The fourth-order valence-corrected chi connectivity index (χ4v) is 9.25. The summed E-state index contributed by atoms with van der Waals surface area (Å²) in [7, 11) is 0. The van der Waals surface area contributed by atoms with Crippen LogP contribution in [0.15, 0.2) is 0 Å². The zero-order valence-electron chi connectivity index (χ0n) is 21.3. The van der Waals surface area contributed by atoms with Crippen molar-refractivity contribution in [3.63, 3.8) is 0 Å². The molecule has 4 fully saturated rings. The average molecular weight is 449 g/mol. The summed E-state index contributed by atoms with van der Waals surface area (Å²) < 4.78 is 0. The minimum atomic E-state index is -0.686. The van der Waals surface area contributed by atoms with Crippen LogP contribution in [-0.4, -0.2) is 39.4 Å². The molecule has 3 N–H and O–H groups in total. The number of hydrogen-bond donors (Lipinski definition) is 3. The Hall–Kier alpha value is -0.450. The molecular formula is C28H48O4. The lowest BCUT2D eigenvalue weighted by molar-refractivity contribution is -0.168. The molecule has 4 aliphatic carbocycles. The van der Waals surface area contributed by atoms with Crippen LogP contribution < -0.4 is 0 Å². The summed E-state index contributed by atoms with van der Waals surface area (Å²) in [6.45, 7) is 13.2. The summed E-state index contributed by atoms with van der Waals surface area (Å²) >= 11 is 0. The summed E-state index contributed by atoms with van der Waals surface area (Å²) in [4.78, 5) is 12.2. The standard InChI is InChI=1S/C28H48O4/c1-15(2)16(3)25(31)26(32)17(4)20-7-8-21-19-14-24(30)23-13-18(29)9-11-28(23,6)22(19)10-12-27(20,21)5/h15-17,19-26,30-32H,7-14H2,1-6H3/t16-,17-,19-,20+,21-,22-,23+,24-,25+,26+,27+,28+/m0/s1. The lowest BCUT2D eigenvalue weighted by atomic mass is 9.44. The number of ketones is 1. The Morgan fingerprint density at radius 1 is 0.875 bits per heavy atom. The highest BCUT2D eigenvalue weighted by Gasteiger charge is 2.62. The molecule has 4 saturated carbocycles. The molecule has 184 valence electrons. The largest absolute Gasteiger partial charge is 0.393 e. The Balaban J connectivity index is 1.54. The molecule has 0 radical (unpaired) electrons. The van der Waals surface area contributed by atoms with E-state index in [1.807, 2.05) is 6.92 Å². The van der Waals surface area contributed by atoms with Gasteiger partial charge in [-0.05, 0) is 96.7 Å². The first-order chi connectivity index (χ1) is 14.9. The molecule has 0 aromatic carbocycles. The monoisotopic (exact) mass is 448 g/mol. The molecule has 0 unspecified atom stereocenters. The summed E-state index contributed by atoms with van der Waals surface area (Å²) in [5.74, 6) is 3.07. The topological polar surface area (TPSA) is 77.8 Å². The van der Waals surface area contributed by atoms with Gasteiger partial charge in [0.15, 0.2) is 0 Å². The van der Waals surface area contributed by atoms with Gasteiger partial charge in [-0.3, -0.25) is 4.79 Å². The summed E-state index contributed by atoms with van der Waals surface area (Å²) in [6.07, 6.45) is 5.94. The number of fused-ring (bicyclic) bond motifs is 5. The van der Waals surface area contributed by atoms with Gasteiger partial charge in [0.1, 0.15) is 5.78 Å². The van der Waals surface area contributed by atoms with Gasteiger partial charge in [-0.15, -0.1) is 0 Å². The maximum atomic E-state index is 12.2. The second kappa shape index (κ2) is 8.64. The zero-order valence-corrected chi connectivity index (χ0v) is 21.3. The van der Waals surface area contributed by atoms with E-state index in [1.54, 1.807) is 0 Å². The summed E-state index contributed by atoms with van der Waals surface area (Å²) in [5, 5.41) is 33.2. The molecule has 0 aromatic rings. The Bertz CT molecular complexity index is 706. The Kier molecular flexibility index (Phi) is 6.66. The molecule has 0 heterocycles. The smallest absolute Gasteiger partial charge is 0.133 e. The second-order valence-corrected chi connectivity index (χ2v) is 13.2. The SMILES string of the molecule is CC(C)[C@H](C)[C@@H](O)[C@H](O)[C@@H](C)[C@H]1CC[C@H]2[C@@H]3C[C@H](O)[C@H]4CC(=O)CC[C@]4(C)[C@H]3CC[C@]12C. The van der Waals surface area contributed by atoms with Gasteiger partial charge < -0.3 is 15.3 Å². The number of aliphatic hydroxyl groups excluding tert-OH is 3. The van der Waals surface area contributed by atoms with Crippen molar-refractivity contribution >= 4 is 5.78 Å². The third-order valence-corrected chi connectivity index (χ3v) is 11.7. The van der Waals surface area contributed by atoms with Gasteiger partial charge in [0, 0.05) is 12.8 Å². The van der Waals surface area contributed by atoms with Crippen LogP contribution in [0.25, 0.3) is 0 Å². The van der Waals surface area contributed by atoms with Crippen LogP contribution in [0, 0.1) is 58.2 Å². The fraction of sp³-hybridized carbons (Fsp3) is 0.964. The van der Waals surface area contributed by atoms with E-state index >= 15 is 0 Å². The number of carbonyl (C=O) groups is 1. The second-order valence-electron chi connectivity index (χ2n) is 13.2. The van der Waals surface area contributed by atoms with Crippen LogP contribution in [0.5, 0.6) is 0 Å². The van der Waals surface area contributed by atoms with E-state index in [2.05, 4.69) is 34.6 Å². The predicted molar refractivity (Wildman–Crippen MR) is 127 cm³/mol. The zero-order chi connectivity index (χ0) is 23.6. The molecule has 0 spiro atoms. The van der Waals surface area contributed by atoms with E-state index in [-0.39, 0.29) is 34.7 Å². The summed E-state index contributed by atoms with van der Waals surface area (Å²) in [5.41, 5.74) is 0.249. The van der Waals surface area contributed by atoms with Crippen LogP contribution in [0.3, 0.4) is 0 Å². The molecule has 0 amide bonds. The average Bonchev–Trinajstić information content (AvgIpc) is 3.10. The summed E-state index contributed by atoms with van der Waals surface area (Å²) in [6, 6.07) is 0. The lowest BCUT2D eigenvalue weighted by Crippen LogP contribution is -2.58. The number of Topliss-reactive ketones (excluding diaryl/α,β-unsaturated/α-hetero) is 1. The lowest BCUT2D eigenvalue weighted by Gasteiger charge is -2.61. The minimum absolute atomic E-state index is 0.0712. The number of rotatable bonds is 5. The molecule has 12 atom stereocenters. The van der Waals surface area contributed by atoms with Crippen molar-refractivity contribution in [2.45, 2.75) is 111 Å². The maximum absolute atomic E-state index is 12.2. The van der Waals surface area contributed by atoms with E-state index in [1.165, 1.54) is 19.3 Å². The first-order valence-electron chi connectivity index (χ1n) is 13.5. The molecule has 4 aliphatic rings. The van der Waals surface area contributed by atoms with Crippen LogP contribution in [0.1, 0.15) is 92.9 Å². The van der Waals surface area contributed by atoms with Crippen molar-refractivity contribution in [3.05, 3.63) is 0 Å². The van der Waals surface area contributed by atoms with E-state index in [0.29, 0.717) is 48.2 Å². The van der Waals surface area contributed by atoms with Gasteiger partial charge in [-0.1, -0.05) is 41.5 Å². The van der Waals surface area contributed by atoms with Gasteiger partial charge >= 0.3 is 0 Å². The number of carbonyl (C=O) groups excluding carboxylic acids is 1. The third kappa shape index (κ3) is 3.71. The molecule has 0 bridgehead atoms. The molecule has 0 aromatic heterocycles. The maximum Gasteiger partial charge on any atom is 0.133 e. The Morgan fingerprint density at radius 2 is 1.53 bits per heavy atom.